The first-order valence-electron chi connectivity index (χ1n) is 7.84. The molecule has 1 amide bonds. The number of ether oxygens (including phenoxy) is 1. The number of nitrogens with one attached hydrogen (secondary N) is 1. The maximum absolute atomic E-state index is 12.2. The van der Waals surface area contributed by atoms with Crippen molar-refractivity contribution in [2.75, 3.05) is 29.9 Å². The van der Waals surface area contributed by atoms with Crippen molar-refractivity contribution >= 4 is 17.3 Å². The van der Waals surface area contributed by atoms with E-state index >= 15 is 0 Å². The van der Waals surface area contributed by atoms with Gasteiger partial charge in [-0.15, -0.1) is 0 Å². The van der Waals surface area contributed by atoms with Gasteiger partial charge in [-0.1, -0.05) is 26.0 Å². The second kappa shape index (κ2) is 7.46. The van der Waals surface area contributed by atoms with Crippen LogP contribution in [-0.4, -0.2) is 31.7 Å². The van der Waals surface area contributed by atoms with E-state index in [0.717, 1.165) is 24.5 Å². The average Bonchev–Trinajstić information content (AvgIpc) is 2.99. The Kier molecular flexibility index (Phi) is 5.62. The van der Waals surface area contributed by atoms with Crippen molar-refractivity contribution in [3.63, 3.8) is 0 Å². The number of anilines is 2. The standard InChI is InChI=1S/C17H26N2O2/c1-13(2)12-21-14(3)17(20)18-15-8-4-5-9-16(15)19-10-6-7-11-19/h4-5,8-9,13-14H,6-7,10-12H2,1-3H3,(H,18,20). The minimum atomic E-state index is -0.431. The number of para-hydroxylation sites is 2. The van der Waals surface area contributed by atoms with E-state index in [1.165, 1.54) is 12.8 Å². The first kappa shape index (κ1) is 15.8. The molecule has 1 saturated heterocycles. The van der Waals surface area contributed by atoms with E-state index in [-0.39, 0.29) is 5.91 Å². The third-order valence-corrected chi connectivity index (χ3v) is 3.66. The summed E-state index contributed by atoms with van der Waals surface area (Å²) in [6, 6.07) is 8.00. The molecule has 116 valence electrons. The van der Waals surface area contributed by atoms with Crippen molar-refractivity contribution in [3.8, 4) is 0 Å². The molecule has 2 rings (SSSR count). The quantitative estimate of drug-likeness (QED) is 0.874. The summed E-state index contributed by atoms with van der Waals surface area (Å²) in [6.45, 7) is 8.68. The zero-order valence-electron chi connectivity index (χ0n) is 13.3. The van der Waals surface area contributed by atoms with E-state index in [4.69, 9.17) is 4.74 Å². The second-order valence-electron chi connectivity index (χ2n) is 6.07. The van der Waals surface area contributed by atoms with Gasteiger partial charge >= 0.3 is 0 Å². The van der Waals surface area contributed by atoms with Gasteiger partial charge in [-0.05, 0) is 37.8 Å². The van der Waals surface area contributed by atoms with Crippen LogP contribution in [0.5, 0.6) is 0 Å². The molecule has 0 aliphatic carbocycles. The number of amides is 1. The van der Waals surface area contributed by atoms with E-state index in [2.05, 4.69) is 30.1 Å². The fraction of sp³-hybridized carbons (Fsp3) is 0.588. The molecule has 0 bridgehead atoms. The predicted octanol–water partition coefficient (Wildman–Crippen LogP) is 3.29. The molecular weight excluding hydrogens is 264 g/mol. The highest BCUT2D eigenvalue weighted by Crippen LogP contribution is 2.28. The Morgan fingerprint density at radius 2 is 1.90 bits per heavy atom. The highest BCUT2D eigenvalue weighted by atomic mass is 16.5. The summed E-state index contributed by atoms with van der Waals surface area (Å²) in [5, 5.41) is 3.01. The van der Waals surface area contributed by atoms with Gasteiger partial charge in [0, 0.05) is 19.7 Å². The van der Waals surface area contributed by atoms with E-state index < -0.39 is 6.10 Å². The van der Waals surface area contributed by atoms with Crippen LogP contribution < -0.4 is 10.2 Å². The summed E-state index contributed by atoms with van der Waals surface area (Å²) >= 11 is 0. The molecule has 1 atom stereocenters. The Bertz CT molecular complexity index is 468. The molecule has 21 heavy (non-hydrogen) atoms. The van der Waals surface area contributed by atoms with Gasteiger partial charge in [0.15, 0.2) is 0 Å². The lowest BCUT2D eigenvalue weighted by Gasteiger charge is -2.22. The molecule has 1 aromatic rings. The number of carbonyl (C=O) groups is 1. The lowest BCUT2D eigenvalue weighted by atomic mass is 10.2. The number of hydrogen-bond donors (Lipinski definition) is 1. The van der Waals surface area contributed by atoms with E-state index in [9.17, 15) is 4.79 Å². The molecule has 1 heterocycles. The van der Waals surface area contributed by atoms with E-state index in [1.54, 1.807) is 6.92 Å². The van der Waals surface area contributed by atoms with Crippen LogP contribution in [0.2, 0.25) is 0 Å². The molecule has 4 nitrogen and oxygen atoms in total. The molecule has 1 aliphatic heterocycles. The summed E-state index contributed by atoms with van der Waals surface area (Å²) in [4.78, 5) is 14.6. The molecule has 4 heteroatoms. The SMILES string of the molecule is CC(C)COC(C)C(=O)Nc1ccccc1N1CCCC1. The largest absolute Gasteiger partial charge is 0.370 e. The number of rotatable bonds is 6. The van der Waals surface area contributed by atoms with Crippen LogP contribution >= 0.6 is 0 Å². The van der Waals surface area contributed by atoms with Crippen molar-refractivity contribution in [3.05, 3.63) is 24.3 Å². The Labute approximate surface area is 127 Å². The molecule has 1 aromatic carbocycles. The first-order valence-corrected chi connectivity index (χ1v) is 7.84. The van der Waals surface area contributed by atoms with Gasteiger partial charge in [0.05, 0.1) is 11.4 Å². The molecule has 0 spiro atoms. The molecule has 1 fully saturated rings. The fourth-order valence-electron chi connectivity index (χ4n) is 2.46. The lowest BCUT2D eigenvalue weighted by Crippen LogP contribution is -2.30. The third-order valence-electron chi connectivity index (χ3n) is 3.66. The summed E-state index contributed by atoms with van der Waals surface area (Å²) in [7, 11) is 0. The average molecular weight is 290 g/mol. The van der Waals surface area contributed by atoms with E-state index in [0.29, 0.717) is 12.5 Å². The summed E-state index contributed by atoms with van der Waals surface area (Å²) in [5.74, 6) is 0.347. The highest BCUT2D eigenvalue weighted by Gasteiger charge is 2.19. The Hall–Kier alpha value is -1.55. The van der Waals surface area contributed by atoms with Crippen molar-refractivity contribution in [1.29, 1.82) is 0 Å². The smallest absolute Gasteiger partial charge is 0.253 e. The van der Waals surface area contributed by atoms with Gasteiger partial charge in [-0.3, -0.25) is 4.79 Å². The normalized spacial score (nSPS) is 16.3. The van der Waals surface area contributed by atoms with Gasteiger partial charge in [0.1, 0.15) is 6.10 Å². The molecule has 0 saturated carbocycles. The number of benzene rings is 1. The fourth-order valence-corrected chi connectivity index (χ4v) is 2.46. The lowest BCUT2D eigenvalue weighted by molar-refractivity contribution is -0.126. The maximum Gasteiger partial charge on any atom is 0.253 e. The number of nitrogens with zero attached hydrogens (tertiary/aromatic N) is 1. The van der Waals surface area contributed by atoms with E-state index in [1.807, 2.05) is 18.2 Å². The molecular formula is C17H26N2O2. The van der Waals surface area contributed by atoms with Gasteiger partial charge in [0.2, 0.25) is 0 Å². The second-order valence-corrected chi connectivity index (χ2v) is 6.07. The molecule has 0 radical (unpaired) electrons. The third kappa shape index (κ3) is 4.46. The van der Waals surface area contributed by atoms with Crippen molar-refractivity contribution in [2.45, 2.75) is 39.7 Å². The minimum absolute atomic E-state index is 0.0812. The zero-order valence-corrected chi connectivity index (χ0v) is 13.3. The molecule has 1 aliphatic rings. The van der Waals surface area contributed by atoms with Crippen molar-refractivity contribution < 1.29 is 9.53 Å². The molecule has 1 unspecified atom stereocenters. The first-order chi connectivity index (χ1) is 10.1. The topological polar surface area (TPSA) is 41.6 Å². The minimum Gasteiger partial charge on any atom is -0.370 e. The van der Waals surface area contributed by atoms with Gasteiger partial charge in [-0.2, -0.15) is 0 Å². The summed E-state index contributed by atoms with van der Waals surface area (Å²) < 4.78 is 5.58. The van der Waals surface area contributed by atoms with Crippen LogP contribution in [0.1, 0.15) is 33.6 Å². The van der Waals surface area contributed by atoms with Crippen molar-refractivity contribution in [1.82, 2.24) is 0 Å². The zero-order chi connectivity index (χ0) is 15.2. The number of carbonyl (C=O) groups excluding carboxylic acids is 1. The monoisotopic (exact) mass is 290 g/mol. The summed E-state index contributed by atoms with van der Waals surface area (Å²) in [6.07, 6.45) is 2.01. The summed E-state index contributed by atoms with van der Waals surface area (Å²) in [5.41, 5.74) is 1.99. The van der Waals surface area contributed by atoms with Crippen LogP contribution in [0.25, 0.3) is 0 Å². The van der Waals surface area contributed by atoms with Crippen molar-refractivity contribution in [2.24, 2.45) is 5.92 Å². The van der Waals surface area contributed by atoms with Gasteiger partial charge in [-0.25, -0.2) is 0 Å². The van der Waals surface area contributed by atoms with Crippen LogP contribution in [-0.2, 0) is 9.53 Å². The van der Waals surface area contributed by atoms with Gasteiger partial charge < -0.3 is 15.0 Å². The van der Waals surface area contributed by atoms with Crippen LogP contribution in [0.4, 0.5) is 11.4 Å². The Balaban J connectivity index is 2.00. The van der Waals surface area contributed by atoms with Crippen LogP contribution in [0.3, 0.4) is 0 Å². The van der Waals surface area contributed by atoms with Crippen LogP contribution in [0, 0.1) is 5.92 Å². The van der Waals surface area contributed by atoms with Gasteiger partial charge in [0.25, 0.3) is 5.91 Å². The van der Waals surface area contributed by atoms with Crippen LogP contribution in [0.15, 0.2) is 24.3 Å². The molecule has 0 aromatic heterocycles. The highest BCUT2D eigenvalue weighted by molar-refractivity contribution is 5.97. The maximum atomic E-state index is 12.2. The predicted molar refractivity (Wildman–Crippen MR) is 86.8 cm³/mol. The molecule has 1 N–H and O–H groups in total. The number of hydrogen-bond acceptors (Lipinski definition) is 3. The Morgan fingerprint density at radius 1 is 1.24 bits per heavy atom. The Morgan fingerprint density at radius 3 is 2.57 bits per heavy atom.